The van der Waals surface area contributed by atoms with E-state index in [1.54, 1.807) is 0 Å². The monoisotopic (exact) mass is 373 g/mol. The van der Waals surface area contributed by atoms with E-state index in [4.69, 9.17) is 16.3 Å². The highest BCUT2D eigenvalue weighted by Crippen LogP contribution is 2.31. The van der Waals surface area contributed by atoms with Crippen LogP contribution in [0, 0.1) is 13.8 Å². The van der Waals surface area contributed by atoms with Gasteiger partial charge in [0.1, 0.15) is 5.75 Å². The molecule has 5 nitrogen and oxygen atoms in total. The van der Waals surface area contributed by atoms with Crippen molar-refractivity contribution in [1.82, 2.24) is 9.36 Å². The van der Waals surface area contributed by atoms with E-state index < -0.39 is 0 Å². The van der Waals surface area contributed by atoms with E-state index >= 15 is 0 Å². The number of aromatic nitrogens is 2. The summed E-state index contributed by atoms with van der Waals surface area (Å²) in [6.45, 7) is 3.82. The van der Waals surface area contributed by atoms with Crippen LogP contribution in [0.4, 0.5) is 5.69 Å². The summed E-state index contributed by atoms with van der Waals surface area (Å²) < 4.78 is 10.2. The smallest absolute Gasteiger partial charge is 0.298 e. The molecule has 0 spiro atoms. The van der Waals surface area contributed by atoms with Crippen LogP contribution in [0.1, 0.15) is 22.5 Å². The first-order valence-electron chi connectivity index (χ1n) is 7.61. The Morgan fingerprint density at radius 3 is 2.68 bits per heavy atom. The van der Waals surface area contributed by atoms with Crippen molar-refractivity contribution in [3.8, 4) is 10.9 Å². The zero-order chi connectivity index (χ0) is 17.8. The van der Waals surface area contributed by atoms with Gasteiger partial charge in [-0.2, -0.15) is 9.36 Å². The summed E-state index contributed by atoms with van der Waals surface area (Å²) >= 11 is 7.11. The molecule has 0 saturated heterocycles. The molecule has 0 radical (unpaired) electrons. The lowest BCUT2D eigenvalue weighted by atomic mass is 10.1. The zero-order valence-corrected chi connectivity index (χ0v) is 15.3. The fourth-order valence-electron chi connectivity index (χ4n) is 2.35. The third-order valence-electron chi connectivity index (χ3n) is 3.66. The Bertz CT molecular complexity index is 894. The molecule has 0 aliphatic carbocycles. The van der Waals surface area contributed by atoms with Crippen molar-refractivity contribution in [2.24, 2.45) is 0 Å². The number of aryl methyl sites for hydroxylation is 2. The van der Waals surface area contributed by atoms with Gasteiger partial charge in [0.2, 0.25) is 6.41 Å². The summed E-state index contributed by atoms with van der Waals surface area (Å²) in [6.07, 6.45) is 1.29. The number of carbonyl (C=O) groups is 1. The highest BCUT2D eigenvalue weighted by molar-refractivity contribution is 7.07. The van der Waals surface area contributed by atoms with Crippen molar-refractivity contribution in [2.45, 2.75) is 20.3 Å². The minimum absolute atomic E-state index is 0.488. The number of rotatable bonds is 6. The van der Waals surface area contributed by atoms with Gasteiger partial charge in [-0.15, -0.1) is 0 Å². The Balaban J connectivity index is 1.74. The fourth-order valence-corrected chi connectivity index (χ4v) is 3.04. The standard InChI is InChI=1S/C18H16ClN3O2S/c1-11-8-16(12(2)7-15(11)20-10-23)24-18-21-17(22-25-18)9-13-3-5-14(19)6-4-13/h3-8,10H,9H2,1-2H3,(H,20,23). The molecule has 0 aliphatic heterocycles. The van der Waals surface area contributed by atoms with Gasteiger partial charge in [0.25, 0.3) is 5.19 Å². The molecule has 0 bridgehead atoms. The van der Waals surface area contributed by atoms with Crippen LogP contribution in [0.2, 0.25) is 5.02 Å². The summed E-state index contributed by atoms with van der Waals surface area (Å²) in [6, 6.07) is 11.4. The third-order valence-corrected chi connectivity index (χ3v) is 4.54. The van der Waals surface area contributed by atoms with Gasteiger partial charge in [0.05, 0.1) is 0 Å². The van der Waals surface area contributed by atoms with Crippen molar-refractivity contribution >= 4 is 35.2 Å². The molecule has 0 aliphatic rings. The number of anilines is 1. The molecule has 2 aromatic carbocycles. The number of hydrogen-bond donors (Lipinski definition) is 1. The highest BCUT2D eigenvalue weighted by Gasteiger charge is 2.11. The van der Waals surface area contributed by atoms with Gasteiger partial charge in [-0.25, -0.2) is 0 Å². The quantitative estimate of drug-likeness (QED) is 0.633. The second kappa shape index (κ2) is 7.63. The lowest BCUT2D eigenvalue weighted by molar-refractivity contribution is -0.105. The van der Waals surface area contributed by atoms with Crippen molar-refractivity contribution in [2.75, 3.05) is 5.32 Å². The summed E-state index contributed by atoms with van der Waals surface area (Å²) in [7, 11) is 0. The number of carbonyl (C=O) groups excluding carboxylic acids is 1. The average Bonchev–Trinajstić information content (AvgIpc) is 3.02. The Labute approximate surface area is 154 Å². The normalized spacial score (nSPS) is 10.5. The number of ether oxygens (including phenoxy) is 1. The maximum Gasteiger partial charge on any atom is 0.298 e. The maximum atomic E-state index is 10.6. The third kappa shape index (κ3) is 4.35. The Hall–Kier alpha value is -2.44. The zero-order valence-electron chi connectivity index (χ0n) is 13.7. The molecule has 3 rings (SSSR count). The molecule has 1 N–H and O–H groups in total. The van der Waals surface area contributed by atoms with Crippen LogP contribution in [-0.4, -0.2) is 15.8 Å². The summed E-state index contributed by atoms with van der Waals surface area (Å²) in [5.41, 5.74) is 3.67. The molecule has 7 heteroatoms. The van der Waals surface area contributed by atoms with Crippen molar-refractivity contribution in [3.63, 3.8) is 0 Å². The molecule has 0 saturated carbocycles. The number of benzene rings is 2. The lowest BCUT2D eigenvalue weighted by Gasteiger charge is -2.10. The summed E-state index contributed by atoms with van der Waals surface area (Å²) in [5.74, 6) is 1.40. The SMILES string of the molecule is Cc1cc(Oc2nc(Cc3ccc(Cl)cc3)ns2)c(C)cc1NC=O. The molecule has 25 heavy (non-hydrogen) atoms. The van der Waals surface area contributed by atoms with Crippen molar-refractivity contribution in [1.29, 1.82) is 0 Å². The van der Waals surface area contributed by atoms with E-state index in [1.165, 1.54) is 11.5 Å². The molecule has 1 heterocycles. The largest absolute Gasteiger partial charge is 0.430 e. The number of halogens is 1. The molecular formula is C18H16ClN3O2S. The van der Waals surface area contributed by atoms with Gasteiger partial charge in [0, 0.05) is 28.7 Å². The lowest BCUT2D eigenvalue weighted by Crippen LogP contribution is -1.98. The van der Waals surface area contributed by atoms with Gasteiger partial charge in [-0.3, -0.25) is 4.79 Å². The van der Waals surface area contributed by atoms with E-state index in [2.05, 4.69) is 14.7 Å². The average molecular weight is 374 g/mol. The Kier molecular flexibility index (Phi) is 5.31. The van der Waals surface area contributed by atoms with Crippen LogP contribution < -0.4 is 10.1 Å². The molecule has 128 valence electrons. The van der Waals surface area contributed by atoms with Gasteiger partial charge in [-0.1, -0.05) is 23.7 Å². The number of amides is 1. The van der Waals surface area contributed by atoms with E-state index in [0.717, 1.165) is 22.4 Å². The second-order valence-electron chi connectivity index (χ2n) is 5.58. The molecule has 0 unspecified atom stereocenters. The minimum Gasteiger partial charge on any atom is -0.430 e. The first-order chi connectivity index (χ1) is 12.0. The predicted octanol–water partition coefficient (Wildman–Crippen LogP) is 4.76. The highest BCUT2D eigenvalue weighted by atomic mass is 35.5. The topological polar surface area (TPSA) is 64.1 Å². The first-order valence-corrected chi connectivity index (χ1v) is 8.76. The molecule has 0 atom stereocenters. The number of hydrogen-bond acceptors (Lipinski definition) is 5. The van der Waals surface area contributed by atoms with Crippen LogP contribution in [-0.2, 0) is 11.2 Å². The summed E-state index contributed by atoms with van der Waals surface area (Å²) in [5, 5.41) is 3.87. The van der Waals surface area contributed by atoms with Gasteiger partial charge in [-0.05, 0) is 54.8 Å². The maximum absolute atomic E-state index is 10.6. The van der Waals surface area contributed by atoms with Gasteiger partial charge >= 0.3 is 0 Å². The van der Waals surface area contributed by atoms with Crippen LogP contribution >= 0.6 is 23.1 Å². The Morgan fingerprint density at radius 1 is 1.20 bits per heavy atom. The van der Waals surface area contributed by atoms with E-state index in [0.29, 0.717) is 34.6 Å². The van der Waals surface area contributed by atoms with Crippen LogP contribution in [0.5, 0.6) is 10.9 Å². The Morgan fingerprint density at radius 2 is 1.96 bits per heavy atom. The molecular weight excluding hydrogens is 358 g/mol. The van der Waals surface area contributed by atoms with Gasteiger partial charge < -0.3 is 10.1 Å². The van der Waals surface area contributed by atoms with E-state index in [9.17, 15) is 4.79 Å². The first kappa shape index (κ1) is 17.4. The number of nitrogens with one attached hydrogen (secondary N) is 1. The van der Waals surface area contributed by atoms with Crippen LogP contribution in [0.25, 0.3) is 0 Å². The van der Waals surface area contributed by atoms with Gasteiger partial charge in [0.15, 0.2) is 5.82 Å². The van der Waals surface area contributed by atoms with Crippen LogP contribution in [0.15, 0.2) is 36.4 Å². The molecule has 3 aromatic rings. The fraction of sp³-hybridized carbons (Fsp3) is 0.167. The van der Waals surface area contributed by atoms with Crippen molar-refractivity contribution in [3.05, 3.63) is 63.9 Å². The minimum atomic E-state index is 0.488. The second-order valence-corrected chi connectivity index (χ2v) is 6.73. The molecule has 1 aromatic heterocycles. The van der Waals surface area contributed by atoms with E-state index in [1.807, 2.05) is 50.2 Å². The predicted molar refractivity (Wildman–Crippen MR) is 99.8 cm³/mol. The van der Waals surface area contributed by atoms with E-state index in [-0.39, 0.29) is 0 Å². The van der Waals surface area contributed by atoms with Crippen molar-refractivity contribution < 1.29 is 9.53 Å². The van der Waals surface area contributed by atoms with Crippen LogP contribution in [0.3, 0.4) is 0 Å². The molecule has 1 amide bonds. The molecule has 0 fully saturated rings. The number of nitrogens with zero attached hydrogens (tertiary/aromatic N) is 2. The summed E-state index contributed by atoms with van der Waals surface area (Å²) in [4.78, 5) is 15.1.